The molecule has 1 aromatic carbocycles. The number of hydrogen-bond donors (Lipinski definition) is 1. The van der Waals surface area contributed by atoms with E-state index in [0.717, 1.165) is 49.8 Å². The van der Waals surface area contributed by atoms with Gasteiger partial charge in [-0.1, -0.05) is 30.3 Å². The van der Waals surface area contributed by atoms with Gasteiger partial charge in [0.15, 0.2) is 5.82 Å². The lowest BCUT2D eigenvalue weighted by molar-refractivity contribution is 0.122. The molecule has 0 aliphatic carbocycles. The summed E-state index contributed by atoms with van der Waals surface area (Å²) in [5.41, 5.74) is 9.08. The number of benzene rings is 1. The third-order valence-electron chi connectivity index (χ3n) is 5.08. The molecular formula is C21H21N5OS. The van der Waals surface area contributed by atoms with Crippen molar-refractivity contribution in [2.75, 3.05) is 36.9 Å². The standard InChI is InChI=1S/C21H21N5OS/c22-18-7-6-15(13-23-18)20-24-16-12-17(14-4-2-1-3-5-14)28-19(16)21(25-20)26-8-10-27-11-9-26/h1-7,13,17H,8-12H2,(H2,22,23). The van der Waals surface area contributed by atoms with Crippen LogP contribution in [-0.2, 0) is 11.2 Å². The molecular weight excluding hydrogens is 370 g/mol. The molecule has 7 heteroatoms. The molecule has 2 aliphatic heterocycles. The quantitative estimate of drug-likeness (QED) is 0.734. The zero-order valence-electron chi connectivity index (χ0n) is 15.4. The van der Waals surface area contributed by atoms with Crippen molar-refractivity contribution >= 4 is 23.4 Å². The molecule has 1 atom stereocenters. The topological polar surface area (TPSA) is 77.2 Å². The van der Waals surface area contributed by atoms with Crippen LogP contribution >= 0.6 is 11.8 Å². The van der Waals surface area contributed by atoms with Crippen LogP contribution in [0.1, 0.15) is 16.5 Å². The number of anilines is 2. The number of ether oxygens (including phenoxy) is 1. The molecule has 2 aromatic heterocycles. The largest absolute Gasteiger partial charge is 0.384 e. The maximum Gasteiger partial charge on any atom is 0.163 e. The second kappa shape index (κ2) is 7.41. The molecule has 142 valence electrons. The van der Waals surface area contributed by atoms with Gasteiger partial charge in [-0.05, 0) is 17.7 Å². The van der Waals surface area contributed by atoms with E-state index in [1.807, 2.05) is 17.8 Å². The molecule has 28 heavy (non-hydrogen) atoms. The molecule has 0 bridgehead atoms. The zero-order valence-corrected chi connectivity index (χ0v) is 16.2. The smallest absolute Gasteiger partial charge is 0.163 e. The van der Waals surface area contributed by atoms with Crippen molar-refractivity contribution in [2.24, 2.45) is 0 Å². The van der Waals surface area contributed by atoms with Crippen LogP contribution in [0.2, 0.25) is 0 Å². The van der Waals surface area contributed by atoms with Gasteiger partial charge in [-0.15, -0.1) is 11.8 Å². The Hall–Kier alpha value is -2.64. The molecule has 2 N–H and O–H groups in total. The Morgan fingerprint density at radius 2 is 1.86 bits per heavy atom. The summed E-state index contributed by atoms with van der Waals surface area (Å²) in [6, 6.07) is 14.4. The highest BCUT2D eigenvalue weighted by molar-refractivity contribution is 8.00. The first-order valence-corrected chi connectivity index (χ1v) is 10.3. The fourth-order valence-electron chi connectivity index (χ4n) is 3.61. The Balaban J connectivity index is 1.57. The second-order valence-electron chi connectivity index (χ2n) is 6.94. The van der Waals surface area contributed by atoms with Crippen LogP contribution in [-0.4, -0.2) is 41.3 Å². The van der Waals surface area contributed by atoms with Crippen LogP contribution in [0, 0.1) is 0 Å². The van der Waals surface area contributed by atoms with Crippen molar-refractivity contribution in [3.05, 3.63) is 59.9 Å². The van der Waals surface area contributed by atoms with Gasteiger partial charge in [-0.2, -0.15) is 0 Å². The number of rotatable bonds is 3. The van der Waals surface area contributed by atoms with Crippen LogP contribution in [0.15, 0.2) is 53.6 Å². The van der Waals surface area contributed by atoms with Gasteiger partial charge in [-0.25, -0.2) is 15.0 Å². The van der Waals surface area contributed by atoms with E-state index in [0.29, 0.717) is 16.9 Å². The third-order valence-corrected chi connectivity index (χ3v) is 6.46. The number of fused-ring (bicyclic) bond motifs is 1. The molecule has 4 heterocycles. The third kappa shape index (κ3) is 3.31. The van der Waals surface area contributed by atoms with E-state index < -0.39 is 0 Å². The van der Waals surface area contributed by atoms with Gasteiger partial charge in [0.1, 0.15) is 11.6 Å². The second-order valence-corrected chi connectivity index (χ2v) is 8.15. The molecule has 0 saturated carbocycles. The first-order chi connectivity index (χ1) is 13.8. The van der Waals surface area contributed by atoms with Gasteiger partial charge in [0.05, 0.1) is 23.8 Å². The summed E-state index contributed by atoms with van der Waals surface area (Å²) in [7, 11) is 0. The number of nitrogens with two attached hydrogens (primary N) is 1. The fourth-order valence-corrected chi connectivity index (χ4v) is 4.98. The average Bonchev–Trinajstić information content (AvgIpc) is 3.19. The first-order valence-electron chi connectivity index (χ1n) is 9.45. The van der Waals surface area contributed by atoms with Gasteiger partial charge in [0, 0.05) is 36.5 Å². The number of thioether (sulfide) groups is 1. The highest BCUT2D eigenvalue weighted by Crippen LogP contribution is 2.49. The molecule has 6 nitrogen and oxygen atoms in total. The Bertz CT molecular complexity index is 974. The van der Waals surface area contributed by atoms with Crippen LogP contribution < -0.4 is 10.6 Å². The van der Waals surface area contributed by atoms with Crippen LogP contribution in [0.25, 0.3) is 11.4 Å². The molecule has 0 radical (unpaired) electrons. The molecule has 2 aliphatic rings. The van der Waals surface area contributed by atoms with Gasteiger partial charge in [0.25, 0.3) is 0 Å². The lowest BCUT2D eigenvalue weighted by Gasteiger charge is -2.29. The molecule has 0 spiro atoms. The zero-order chi connectivity index (χ0) is 18.9. The van der Waals surface area contributed by atoms with Gasteiger partial charge < -0.3 is 15.4 Å². The Kier molecular flexibility index (Phi) is 4.62. The molecule has 5 rings (SSSR count). The summed E-state index contributed by atoms with van der Waals surface area (Å²) in [5.74, 6) is 2.23. The van der Waals surface area contributed by atoms with Crippen molar-refractivity contribution in [3.63, 3.8) is 0 Å². The molecule has 0 amide bonds. The van der Waals surface area contributed by atoms with Crippen molar-refractivity contribution in [2.45, 2.75) is 16.6 Å². The number of nitrogen functional groups attached to an aromatic ring is 1. The van der Waals surface area contributed by atoms with Crippen molar-refractivity contribution in [1.82, 2.24) is 15.0 Å². The summed E-state index contributed by atoms with van der Waals surface area (Å²) < 4.78 is 5.54. The number of pyridine rings is 1. The van der Waals surface area contributed by atoms with Crippen LogP contribution in [0.3, 0.4) is 0 Å². The summed E-state index contributed by atoms with van der Waals surface area (Å²) in [6.07, 6.45) is 2.65. The predicted molar refractivity (Wildman–Crippen MR) is 111 cm³/mol. The van der Waals surface area contributed by atoms with Gasteiger partial charge in [-0.3, -0.25) is 0 Å². The van der Waals surface area contributed by atoms with E-state index in [2.05, 4.69) is 40.2 Å². The molecule has 1 fully saturated rings. The summed E-state index contributed by atoms with van der Waals surface area (Å²) in [4.78, 5) is 17.6. The van der Waals surface area contributed by atoms with E-state index in [-0.39, 0.29) is 0 Å². The predicted octanol–water partition coefficient (Wildman–Crippen LogP) is 3.35. The number of morpholine rings is 1. The number of aromatic nitrogens is 3. The number of nitrogens with zero attached hydrogens (tertiary/aromatic N) is 4. The Morgan fingerprint density at radius 3 is 2.61 bits per heavy atom. The molecule has 1 saturated heterocycles. The van der Waals surface area contributed by atoms with Gasteiger partial charge >= 0.3 is 0 Å². The minimum absolute atomic E-state index is 0.366. The van der Waals surface area contributed by atoms with Crippen molar-refractivity contribution in [3.8, 4) is 11.4 Å². The average molecular weight is 392 g/mol. The Morgan fingerprint density at radius 1 is 1.04 bits per heavy atom. The lowest BCUT2D eigenvalue weighted by Crippen LogP contribution is -2.37. The number of hydrogen-bond acceptors (Lipinski definition) is 7. The van der Waals surface area contributed by atoms with E-state index in [9.17, 15) is 0 Å². The van der Waals surface area contributed by atoms with E-state index >= 15 is 0 Å². The van der Waals surface area contributed by atoms with Crippen molar-refractivity contribution in [1.29, 1.82) is 0 Å². The van der Waals surface area contributed by atoms with Gasteiger partial charge in [0.2, 0.25) is 0 Å². The van der Waals surface area contributed by atoms with E-state index in [4.69, 9.17) is 20.4 Å². The maximum atomic E-state index is 5.75. The highest BCUT2D eigenvalue weighted by Gasteiger charge is 2.31. The first kappa shape index (κ1) is 17.5. The summed E-state index contributed by atoms with van der Waals surface area (Å²) in [5, 5.41) is 0.366. The monoisotopic (exact) mass is 391 g/mol. The molecule has 1 unspecified atom stereocenters. The minimum Gasteiger partial charge on any atom is -0.384 e. The van der Waals surface area contributed by atoms with Crippen molar-refractivity contribution < 1.29 is 4.74 Å². The summed E-state index contributed by atoms with van der Waals surface area (Å²) in [6.45, 7) is 3.15. The lowest BCUT2D eigenvalue weighted by atomic mass is 10.1. The fraction of sp³-hybridized carbons (Fsp3) is 0.286. The maximum absolute atomic E-state index is 5.75. The van der Waals surface area contributed by atoms with Crippen LogP contribution in [0.4, 0.5) is 11.6 Å². The van der Waals surface area contributed by atoms with E-state index in [1.54, 1.807) is 12.3 Å². The molecule has 3 aromatic rings. The minimum atomic E-state index is 0.366. The highest BCUT2D eigenvalue weighted by atomic mass is 32.2. The normalized spacial score (nSPS) is 18.9. The summed E-state index contributed by atoms with van der Waals surface area (Å²) >= 11 is 1.87. The SMILES string of the molecule is Nc1ccc(-c2nc3c(c(N4CCOCC4)n2)SC(c2ccccc2)C3)cn1. The van der Waals surface area contributed by atoms with Crippen LogP contribution in [0.5, 0.6) is 0 Å². The Labute approximate surface area is 168 Å². The van der Waals surface area contributed by atoms with E-state index in [1.165, 1.54) is 10.5 Å².